The van der Waals surface area contributed by atoms with Gasteiger partial charge >= 0.3 is 0 Å². The highest BCUT2D eigenvalue weighted by molar-refractivity contribution is 6.32. The van der Waals surface area contributed by atoms with E-state index in [1.807, 2.05) is 30.3 Å². The normalized spacial score (nSPS) is 11.3. The Morgan fingerprint density at radius 3 is 2.62 bits per heavy atom. The first-order valence-electron chi connectivity index (χ1n) is 7.72. The number of amides is 1. The third-order valence-electron chi connectivity index (χ3n) is 3.50. The molecule has 0 spiro atoms. The van der Waals surface area contributed by atoms with Gasteiger partial charge in [-0.3, -0.25) is 4.79 Å². The quantitative estimate of drug-likeness (QED) is 0.504. The summed E-state index contributed by atoms with van der Waals surface area (Å²) >= 11 is 6.20. The summed E-state index contributed by atoms with van der Waals surface area (Å²) < 4.78 is 10.5. The fraction of sp³-hybridized carbons (Fsp3) is 0.278. The summed E-state index contributed by atoms with van der Waals surface area (Å²) in [6.45, 7) is 0.594. The van der Waals surface area contributed by atoms with Gasteiger partial charge in [0.25, 0.3) is 5.91 Å². The van der Waals surface area contributed by atoms with Gasteiger partial charge in [-0.25, -0.2) is 0 Å². The molecular formula is C18H21Cl2N2O4-. The van der Waals surface area contributed by atoms with E-state index in [-0.39, 0.29) is 24.8 Å². The van der Waals surface area contributed by atoms with Gasteiger partial charge in [0.15, 0.2) is 18.1 Å². The fourth-order valence-corrected chi connectivity index (χ4v) is 2.59. The monoisotopic (exact) mass is 399 g/mol. The maximum absolute atomic E-state index is 10.9. The van der Waals surface area contributed by atoms with Gasteiger partial charge in [0, 0.05) is 13.1 Å². The van der Waals surface area contributed by atoms with Gasteiger partial charge < -0.3 is 38.0 Å². The van der Waals surface area contributed by atoms with Gasteiger partial charge in [-0.05, 0) is 23.3 Å². The number of hydrogen-bond acceptors (Lipinski definition) is 5. The zero-order valence-electron chi connectivity index (χ0n) is 14.2. The van der Waals surface area contributed by atoms with Crippen molar-refractivity contribution in [2.75, 3.05) is 20.3 Å². The molecule has 2 rings (SSSR count). The molecule has 0 fully saturated rings. The minimum Gasteiger partial charge on any atom is -1.00 e. The van der Waals surface area contributed by atoms with E-state index in [9.17, 15) is 9.90 Å². The molecular weight excluding hydrogens is 379 g/mol. The minimum atomic E-state index is -0.600. The van der Waals surface area contributed by atoms with E-state index in [1.165, 1.54) is 7.11 Å². The summed E-state index contributed by atoms with van der Waals surface area (Å²) in [5, 5.41) is 13.6. The number of primary amides is 1. The average molecular weight is 400 g/mol. The Morgan fingerprint density at radius 2 is 2.00 bits per heavy atom. The van der Waals surface area contributed by atoms with Crippen molar-refractivity contribution in [3.63, 3.8) is 0 Å². The molecule has 26 heavy (non-hydrogen) atoms. The van der Waals surface area contributed by atoms with Crippen LogP contribution in [0.15, 0.2) is 42.5 Å². The Bertz CT molecular complexity index is 714. The third kappa shape index (κ3) is 6.38. The molecule has 0 aliphatic heterocycles. The van der Waals surface area contributed by atoms with Crippen LogP contribution in [0.1, 0.15) is 17.2 Å². The van der Waals surface area contributed by atoms with Crippen LogP contribution in [0, 0.1) is 0 Å². The summed E-state index contributed by atoms with van der Waals surface area (Å²) in [7, 11) is 1.49. The van der Waals surface area contributed by atoms with Crippen LogP contribution in [0.5, 0.6) is 11.5 Å². The number of carbonyl (C=O) groups is 1. The standard InChI is InChI=1S/C18H21ClN2O4.ClH/c1-24-16-8-12(7-14(19)18(16)25-11-17(20)23)9-21-10-15(22)13-5-3-2-4-6-13;/h2-8,15,21-22H,9-11H2,1H3,(H2,20,23);1H/p-1. The van der Waals surface area contributed by atoms with Crippen molar-refractivity contribution in [2.24, 2.45) is 5.73 Å². The molecule has 0 bridgehead atoms. The molecule has 1 amide bonds. The van der Waals surface area contributed by atoms with E-state index < -0.39 is 12.0 Å². The van der Waals surface area contributed by atoms with Crippen molar-refractivity contribution < 1.29 is 31.8 Å². The van der Waals surface area contributed by atoms with E-state index >= 15 is 0 Å². The van der Waals surface area contributed by atoms with Crippen molar-refractivity contribution in [2.45, 2.75) is 12.6 Å². The lowest BCUT2D eigenvalue weighted by atomic mass is 10.1. The van der Waals surface area contributed by atoms with Gasteiger partial charge in [0.05, 0.1) is 18.2 Å². The van der Waals surface area contributed by atoms with Crippen LogP contribution in [0.3, 0.4) is 0 Å². The van der Waals surface area contributed by atoms with Crippen LogP contribution >= 0.6 is 11.6 Å². The van der Waals surface area contributed by atoms with Crippen molar-refractivity contribution in [1.82, 2.24) is 5.32 Å². The van der Waals surface area contributed by atoms with E-state index in [0.29, 0.717) is 23.9 Å². The summed E-state index contributed by atoms with van der Waals surface area (Å²) in [6, 6.07) is 12.9. The smallest absolute Gasteiger partial charge is 0.255 e. The number of rotatable bonds is 9. The van der Waals surface area contributed by atoms with Gasteiger partial charge in [0.2, 0.25) is 0 Å². The molecule has 0 radical (unpaired) electrons. The number of hydrogen-bond donors (Lipinski definition) is 3. The summed E-state index contributed by atoms with van der Waals surface area (Å²) in [5.41, 5.74) is 6.78. The van der Waals surface area contributed by atoms with E-state index in [0.717, 1.165) is 11.1 Å². The lowest BCUT2D eigenvalue weighted by Gasteiger charge is -2.15. The number of carbonyl (C=O) groups excluding carboxylic acids is 1. The van der Waals surface area contributed by atoms with Crippen LogP contribution in [0.2, 0.25) is 5.02 Å². The van der Waals surface area contributed by atoms with Crippen molar-refractivity contribution in [3.8, 4) is 11.5 Å². The molecule has 0 saturated carbocycles. The minimum absolute atomic E-state index is 0. The molecule has 142 valence electrons. The predicted molar refractivity (Wildman–Crippen MR) is 95.8 cm³/mol. The second kappa shape index (κ2) is 10.9. The second-order valence-corrected chi connectivity index (χ2v) is 5.83. The van der Waals surface area contributed by atoms with Crippen LogP contribution in [-0.4, -0.2) is 31.3 Å². The van der Waals surface area contributed by atoms with Gasteiger partial charge in [-0.1, -0.05) is 41.9 Å². The van der Waals surface area contributed by atoms with Crippen molar-refractivity contribution >= 4 is 17.5 Å². The lowest BCUT2D eigenvalue weighted by molar-refractivity contribution is -0.119. The Hall–Kier alpha value is -1.99. The number of nitrogens with two attached hydrogens (primary N) is 1. The molecule has 1 atom stereocenters. The number of methoxy groups -OCH3 is 1. The summed E-state index contributed by atoms with van der Waals surface area (Å²) in [6.07, 6.45) is -0.600. The summed E-state index contributed by atoms with van der Waals surface area (Å²) in [4.78, 5) is 10.9. The van der Waals surface area contributed by atoms with Gasteiger partial charge in [0.1, 0.15) is 0 Å². The predicted octanol–water partition coefficient (Wildman–Crippen LogP) is -0.960. The molecule has 6 nitrogen and oxygen atoms in total. The van der Waals surface area contributed by atoms with Crippen LogP contribution in [-0.2, 0) is 11.3 Å². The topological polar surface area (TPSA) is 93.8 Å². The zero-order chi connectivity index (χ0) is 18.2. The van der Waals surface area contributed by atoms with Crippen molar-refractivity contribution in [3.05, 3.63) is 58.6 Å². The molecule has 0 aliphatic carbocycles. The number of benzene rings is 2. The van der Waals surface area contributed by atoms with E-state index in [2.05, 4.69) is 5.32 Å². The first-order valence-corrected chi connectivity index (χ1v) is 8.10. The maximum Gasteiger partial charge on any atom is 0.255 e. The number of aliphatic hydroxyl groups excluding tert-OH is 1. The van der Waals surface area contributed by atoms with Crippen LogP contribution in [0.25, 0.3) is 0 Å². The van der Waals surface area contributed by atoms with Gasteiger partial charge in [-0.15, -0.1) is 0 Å². The molecule has 2 aromatic rings. The fourth-order valence-electron chi connectivity index (χ4n) is 2.30. The van der Waals surface area contributed by atoms with Crippen molar-refractivity contribution in [1.29, 1.82) is 0 Å². The molecule has 0 heterocycles. The van der Waals surface area contributed by atoms with E-state index in [4.69, 9.17) is 26.8 Å². The highest BCUT2D eigenvalue weighted by Crippen LogP contribution is 2.36. The molecule has 4 N–H and O–H groups in total. The Balaban J connectivity index is 0.00000338. The largest absolute Gasteiger partial charge is 1.00 e. The molecule has 1 unspecified atom stereocenters. The molecule has 0 aromatic heterocycles. The Kier molecular flexibility index (Phi) is 9.23. The number of nitrogens with one attached hydrogen (secondary N) is 1. The third-order valence-corrected chi connectivity index (χ3v) is 3.78. The highest BCUT2D eigenvalue weighted by atomic mass is 35.5. The van der Waals surface area contributed by atoms with Gasteiger partial charge in [-0.2, -0.15) is 0 Å². The molecule has 0 aliphatic rings. The van der Waals surface area contributed by atoms with Crippen LogP contribution in [0.4, 0.5) is 0 Å². The van der Waals surface area contributed by atoms with Crippen LogP contribution < -0.4 is 32.9 Å². The van der Waals surface area contributed by atoms with E-state index in [1.54, 1.807) is 12.1 Å². The highest BCUT2D eigenvalue weighted by Gasteiger charge is 2.13. The first kappa shape index (κ1) is 22.1. The molecule has 0 saturated heterocycles. The number of aliphatic hydroxyl groups is 1. The lowest BCUT2D eigenvalue weighted by Crippen LogP contribution is -3.00. The molecule has 8 heteroatoms. The Morgan fingerprint density at radius 1 is 1.31 bits per heavy atom. The zero-order valence-corrected chi connectivity index (χ0v) is 15.8. The second-order valence-electron chi connectivity index (χ2n) is 5.42. The summed E-state index contributed by atoms with van der Waals surface area (Å²) in [5.74, 6) is 0.0870. The first-order chi connectivity index (χ1) is 12.0. The maximum atomic E-state index is 10.9. The number of halogens is 2. The number of ether oxygens (including phenoxy) is 2. The molecule has 2 aromatic carbocycles. The SMILES string of the molecule is COc1cc(CNCC(O)c2ccccc2)cc(Cl)c1OCC(N)=O.[Cl-]. The average Bonchev–Trinajstić information content (AvgIpc) is 2.60. The Labute approximate surface area is 163 Å².